The molecule has 32 heavy (non-hydrogen) atoms. The minimum absolute atomic E-state index is 0.0293. The van der Waals surface area contributed by atoms with Gasteiger partial charge in [-0.15, -0.1) is 11.3 Å². The molecule has 7 nitrogen and oxygen atoms in total. The van der Waals surface area contributed by atoms with E-state index in [0.717, 1.165) is 11.3 Å². The number of halogens is 1. The van der Waals surface area contributed by atoms with Crippen LogP contribution >= 0.6 is 11.3 Å². The van der Waals surface area contributed by atoms with Crippen molar-refractivity contribution in [3.63, 3.8) is 0 Å². The summed E-state index contributed by atoms with van der Waals surface area (Å²) in [6, 6.07) is 5.51. The Morgan fingerprint density at radius 3 is 2.78 bits per heavy atom. The molecule has 0 saturated carbocycles. The van der Waals surface area contributed by atoms with Gasteiger partial charge >= 0.3 is 0 Å². The number of carbonyl (C=O) groups excluding carboxylic acids is 2. The summed E-state index contributed by atoms with van der Waals surface area (Å²) in [6.45, 7) is 3.36. The van der Waals surface area contributed by atoms with E-state index in [-0.39, 0.29) is 24.1 Å². The second kappa shape index (κ2) is 8.88. The fourth-order valence-corrected chi connectivity index (χ4v) is 3.80. The van der Waals surface area contributed by atoms with Gasteiger partial charge in [0.25, 0.3) is 5.91 Å². The molecule has 1 aromatic carbocycles. The van der Waals surface area contributed by atoms with Crippen LogP contribution in [-0.4, -0.2) is 28.1 Å². The molecule has 1 aromatic heterocycles. The maximum absolute atomic E-state index is 13.0. The number of ether oxygens (including phenoxy) is 1. The molecule has 2 aromatic rings. The molecule has 2 amide bonds. The number of thiazole rings is 1. The van der Waals surface area contributed by atoms with E-state index in [1.165, 1.54) is 35.6 Å². The zero-order valence-electron chi connectivity index (χ0n) is 17.5. The number of anilines is 2. The van der Waals surface area contributed by atoms with Gasteiger partial charge in [0.1, 0.15) is 11.6 Å². The van der Waals surface area contributed by atoms with Gasteiger partial charge in [0.05, 0.1) is 17.8 Å². The number of hydrogen-bond donors (Lipinski definition) is 2. The smallest absolute Gasteiger partial charge is 0.269 e. The maximum atomic E-state index is 13.0. The molecule has 0 spiro atoms. The molecule has 0 radical (unpaired) electrons. The van der Waals surface area contributed by atoms with E-state index in [1.54, 1.807) is 25.4 Å². The molecule has 164 valence electrons. The number of fused-ring (bicyclic) bond motifs is 1. The van der Waals surface area contributed by atoms with Crippen LogP contribution in [0.2, 0.25) is 0 Å². The highest BCUT2D eigenvalue weighted by molar-refractivity contribution is 7.14. The molecule has 4 rings (SSSR count). The first-order valence-electron chi connectivity index (χ1n) is 9.94. The first-order valence-corrected chi connectivity index (χ1v) is 10.8. The number of allylic oxidation sites excluding steroid dienone is 4. The Hall–Kier alpha value is -3.59. The van der Waals surface area contributed by atoms with Crippen LogP contribution in [0, 0.1) is 5.82 Å². The highest BCUT2D eigenvalue weighted by Crippen LogP contribution is 2.26. The van der Waals surface area contributed by atoms with Crippen LogP contribution in [0.1, 0.15) is 26.0 Å². The van der Waals surface area contributed by atoms with E-state index in [1.807, 2.05) is 18.2 Å². The van der Waals surface area contributed by atoms with Crippen molar-refractivity contribution in [1.82, 2.24) is 4.98 Å². The molecule has 1 aliphatic heterocycles. The van der Waals surface area contributed by atoms with Crippen LogP contribution in [0.5, 0.6) is 0 Å². The van der Waals surface area contributed by atoms with E-state index in [2.05, 4.69) is 20.6 Å². The van der Waals surface area contributed by atoms with E-state index in [4.69, 9.17) is 4.74 Å². The first kappa shape index (κ1) is 21.6. The third-order valence-electron chi connectivity index (χ3n) is 4.77. The van der Waals surface area contributed by atoms with Gasteiger partial charge in [0, 0.05) is 29.3 Å². The number of hydrogen-bond acceptors (Lipinski definition) is 6. The van der Waals surface area contributed by atoms with E-state index < -0.39 is 5.60 Å². The number of nitrogens with zero attached hydrogens (tertiary/aromatic N) is 2. The van der Waals surface area contributed by atoms with Crippen molar-refractivity contribution < 1.29 is 18.7 Å². The molecule has 2 heterocycles. The lowest BCUT2D eigenvalue weighted by Crippen LogP contribution is -2.39. The Kier molecular flexibility index (Phi) is 6.00. The van der Waals surface area contributed by atoms with E-state index in [0.29, 0.717) is 28.7 Å². The average Bonchev–Trinajstić information content (AvgIpc) is 3.38. The van der Waals surface area contributed by atoms with Crippen molar-refractivity contribution in [3.05, 3.63) is 76.9 Å². The summed E-state index contributed by atoms with van der Waals surface area (Å²) >= 11 is 1.22. The molecule has 2 N–H and O–H groups in total. The summed E-state index contributed by atoms with van der Waals surface area (Å²) in [4.78, 5) is 33.5. The largest absolute Gasteiger partial charge is 0.478 e. The number of rotatable bonds is 7. The molecule has 0 fully saturated rings. The number of carbonyl (C=O) groups is 2. The standard InChI is InChI=1S/C23H21FN4O3S/c1-23(2,31-18-7-8-19-14(11-18)9-10-25-19)21(30)28-22-27-17(13-32-22)12-20(29)26-16-5-3-15(24)4-6-16/h3-7,9-11,13H,8,12H2,1-2H3,(H,26,29)(H,27,28,30). The molecule has 0 bridgehead atoms. The SMILES string of the molecule is CC(C)(OC1=CCC2=NC=CC2=C1)C(=O)Nc1nc(CC(=O)Nc2ccc(F)cc2)cs1. The van der Waals surface area contributed by atoms with Crippen LogP contribution in [0.4, 0.5) is 15.2 Å². The summed E-state index contributed by atoms with van der Waals surface area (Å²) < 4.78 is 18.9. The number of benzene rings is 1. The van der Waals surface area contributed by atoms with Crippen molar-refractivity contribution in [2.45, 2.75) is 32.3 Å². The second-order valence-electron chi connectivity index (χ2n) is 7.74. The monoisotopic (exact) mass is 452 g/mol. The van der Waals surface area contributed by atoms with Crippen LogP contribution < -0.4 is 10.6 Å². The molecule has 0 unspecified atom stereocenters. The highest BCUT2D eigenvalue weighted by atomic mass is 32.1. The first-order chi connectivity index (χ1) is 15.3. The zero-order chi connectivity index (χ0) is 22.7. The molecule has 0 atom stereocenters. The molecular formula is C23H21FN4O3S. The quantitative estimate of drug-likeness (QED) is 0.652. The average molecular weight is 453 g/mol. The Balaban J connectivity index is 1.32. The topological polar surface area (TPSA) is 92.7 Å². The third-order valence-corrected chi connectivity index (χ3v) is 5.58. The molecule has 9 heteroatoms. The Labute approximate surface area is 188 Å². The van der Waals surface area contributed by atoms with Crippen LogP contribution in [0.15, 0.2) is 70.4 Å². The van der Waals surface area contributed by atoms with Crippen molar-refractivity contribution in [2.24, 2.45) is 4.99 Å². The summed E-state index contributed by atoms with van der Waals surface area (Å²) in [5, 5.41) is 7.51. The van der Waals surface area contributed by atoms with Crippen molar-refractivity contribution >= 4 is 39.7 Å². The van der Waals surface area contributed by atoms with Crippen molar-refractivity contribution in [3.8, 4) is 0 Å². The number of aliphatic imine (C=N–C) groups is 1. The predicted octanol–water partition coefficient (Wildman–Crippen LogP) is 4.38. The molecule has 0 saturated heterocycles. The molecule has 2 aliphatic rings. The van der Waals surface area contributed by atoms with Crippen molar-refractivity contribution in [2.75, 3.05) is 10.6 Å². The lowest BCUT2D eigenvalue weighted by atomic mass is 10.0. The summed E-state index contributed by atoms with van der Waals surface area (Å²) in [5.41, 5.74) is 1.85. The number of nitrogens with one attached hydrogen (secondary N) is 2. The van der Waals surface area contributed by atoms with Crippen LogP contribution in [-0.2, 0) is 20.7 Å². The van der Waals surface area contributed by atoms with Crippen molar-refractivity contribution in [1.29, 1.82) is 0 Å². The van der Waals surface area contributed by atoms with Crippen LogP contribution in [0.3, 0.4) is 0 Å². The maximum Gasteiger partial charge on any atom is 0.269 e. The van der Waals surface area contributed by atoms with Gasteiger partial charge in [-0.25, -0.2) is 9.37 Å². The lowest BCUT2D eigenvalue weighted by Gasteiger charge is -2.26. The van der Waals surface area contributed by atoms with E-state index >= 15 is 0 Å². The van der Waals surface area contributed by atoms with Gasteiger partial charge < -0.3 is 10.1 Å². The normalized spacial score (nSPS) is 14.8. The highest BCUT2D eigenvalue weighted by Gasteiger charge is 2.32. The zero-order valence-corrected chi connectivity index (χ0v) is 18.3. The van der Waals surface area contributed by atoms with Gasteiger partial charge in [-0.3, -0.25) is 19.9 Å². The van der Waals surface area contributed by atoms with Gasteiger partial charge in [-0.1, -0.05) is 0 Å². The molecular weight excluding hydrogens is 431 g/mol. The molecule has 1 aliphatic carbocycles. The number of amides is 2. The predicted molar refractivity (Wildman–Crippen MR) is 122 cm³/mol. The van der Waals surface area contributed by atoms with Gasteiger partial charge in [-0.2, -0.15) is 0 Å². The summed E-state index contributed by atoms with van der Waals surface area (Å²) in [7, 11) is 0. The summed E-state index contributed by atoms with van der Waals surface area (Å²) in [5.74, 6) is -0.400. The fourth-order valence-electron chi connectivity index (χ4n) is 3.10. The Morgan fingerprint density at radius 1 is 1.22 bits per heavy atom. The van der Waals surface area contributed by atoms with Gasteiger partial charge in [-0.05, 0) is 56.3 Å². The lowest BCUT2D eigenvalue weighted by molar-refractivity contribution is -0.132. The Bertz CT molecular complexity index is 1180. The van der Waals surface area contributed by atoms with Gasteiger partial charge in [0.15, 0.2) is 10.7 Å². The fraction of sp³-hybridized carbons (Fsp3) is 0.217. The van der Waals surface area contributed by atoms with E-state index in [9.17, 15) is 14.0 Å². The summed E-state index contributed by atoms with van der Waals surface area (Å²) in [6.07, 6.45) is 8.09. The van der Waals surface area contributed by atoms with Crippen LogP contribution in [0.25, 0.3) is 0 Å². The third kappa shape index (κ3) is 5.17. The Morgan fingerprint density at radius 2 is 2.00 bits per heavy atom. The number of aromatic nitrogens is 1. The minimum atomic E-state index is -1.13. The second-order valence-corrected chi connectivity index (χ2v) is 8.60. The van der Waals surface area contributed by atoms with Gasteiger partial charge in [0.2, 0.25) is 5.91 Å². The minimum Gasteiger partial charge on any atom is -0.478 e.